The molecule has 1 saturated carbocycles. The van der Waals surface area contributed by atoms with Crippen molar-refractivity contribution < 1.29 is 4.79 Å². The lowest BCUT2D eigenvalue weighted by atomic mass is 10.1. The second kappa shape index (κ2) is 6.43. The molecule has 2 unspecified atom stereocenters. The van der Waals surface area contributed by atoms with Crippen LogP contribution in [-0.4, -0.2) is 30.0 Å². The van der Waals surface area contributed by atoms with Gasteiger partial charge in [0.25, 0.3) is 0 Å². The molecular weight excluding hydrogens is 264 g/mol. The summed E-state index contributed by atoms with van der Waals surface area (Å²) in [6.07, 6.45) is 8.31. The number of pyridine rings is 1. The van der Waals surface area contributed by atoms with Crippen LogP contribution in [0.25, 0.3) is 0 Å². The number of piperidine rings is 1. The summed E-state index contributed by atoms with van der Waals surface area (Å²) in [4.78, 5) is 18.9. The van der Waals surface area contributed by atoms with Gasteiger partial charge in [0.15, 0.2) is 0 Å². The molecule has 0 spiro atoms. The van der Waals surface area contributed by atoms with Crippen molar-refractivity contribution in [3.63, 3.8) is 0 Å². The van der Waals surface area contributed by atoms with Crippen molar-refractivity contribution in [1.29, 1.82) is 0 Å². The van der Waals surface area contributed by atoms with Crippen LogP contribution in [0.2, 0.25) is 0 Å². The van der Waals surface area contributed by atoms with Gasteiger partial charge in [-0.05, 0) is 50.7 Å². The zero-order chi connectivity index (χ0) is 14.7. The average molecular weight is 288 g/mol. The van der Waals surface area contributed by atoms with Gasteiger partial charge in [0.1, 0.15) is 5.82 Å². The molecule has 1 aliphatic carbocycles. The smallest absolute Gasteiger partial charge is 0.228 e. The van der Waals surface area contributed by atoms with Crippen LogP contribution in [-0.2, 0) is 4.79 Å². The number of rotatable bonds is 3. The van der Waals surface area contributed by atoms with Crippen LogP contribution < -0.4 is 16.0 Å². The largest absolute Gasteiger partial charge is 0.370 e. The summed E-state index contributed by atoms with van der Waals surface area (Å²) in [5.74, 6) is 0.742. The molecular formula is C16H24N4O. The van der Waals surface area contributed by atoms with Gasteiger partial charge < -0.3 is 16.0 Å². The Kier molecular flexibility index (Phi) is 4.39. The van der Waals surface area contributed by atoms with Gasteiger partial charge in [-0.25, -0.2) is 4.98 Å². The number of carbonyl (C=O) groups excluding carboxylic acids is 1. The van der Waals surface area contributed by atoms with Gasteiger partial charge in [-0.3, -0.25) is 4.79 Å². The molecule has 0 bridgehead atoms. The Labute approximate surface area is 125 Å². The van der Waals surface area contributed by atoms with Gasteiger partial charge in [-0.15, -0.1) is 0 Å². The highest BCUT2D eigenvalue weighted by atomic mass is 16.1. The quantitative estimate of drug-likeness (QED) is 0.894. The van der Waals surface area contributed by atoms with E-state index in [4.69, 9.17) is 5.73 Å². The number of nitrogens with zero attached hydrogens (tertiary/aromatic N) is 2. The minimum atomic E-state index is 0.0450. The first-order valence-corrected chi connectivity index (χ1v) is 8.00. The van der Waals surface area contributed by atoms with Gasteiger partial charge in [-0.1, -0.05) is 0 Å². The molecule has 0 aromatic carbocycles. The average Bonchev–Trinajstić information content (AvgIpc) is 2.96. The summed E-state index contributed by atoms with van der Waals surface area (Å²) in [6, 6.07) is 4.13. The van der Waals surface area contributed by atoms with E-state index in [-0.39, 0.29) is 17.9 Å². The molecule has 2 aliphatic rings. The fourth-order valence-electron chi connectivity index (χ4n) is 3.28. The molecule has 21 heavy (non-hydrogen) atoms. The molecule has 1 aromatic rings. The van der Waals surface area contributed by atoms with Crippen molar-refractivity contribution in [3.05, 3.63) is 18.3 Å². The Morgan fingerprint density at radius 2 is 2.05 bits per heavy atom. The summed E-state index contributed by atoms with van der Waals surface area (Å²) in [5.41, 5.74) is 7.01. The van der Waals surface area contributed by atoms with Crippen molar-refractivity contribution in [2.75, 3.05) is 23.3 Å². The van der Waals surface area contributed by atoms with Crippen LogP contribution >= 0.6 is 0 Å². The summed E-state index contributed by atoms with van der Waals surface area (Å²) < 4.78 is 0. The molecule has 2 atom stereocenters. The molecule has 3 N–H and O–H groups in total. The normalized spacial score (nSPS) is 25.9. The minimum absolute atomic E-state index is 0.0450. The number of hydrogen-bond donors (Lipinski definition) is 2. The first-order valence-electron chi connectivity index (χ1n) is 8.00. The number of carbonyl (C=O) groups is 1. The Morgan fingerprint density at radius 3 is 2.67 bits per heavy atom. The Morgan fingerprint density at radius 1 is 1.24 bits per heavy atom. The zero-order valence-electron chi connectivity index (χ0n) is 12.4. The van der Waals surface area contributed by atoms with E-state index in [1.807, 2.05) is 18.3 Å². The second-order valence-corrected chi connectivity index (χ2v) is 6.21. The Balaban J connectivity index is 1.57. The molecule has 0 radical (unpaired) electrons. The number of aromatic nitrogens is 1. The molecule has 1 amide bonds. The van der Waals surface area contributed by atoms with Gasteiger partial charge in [0.2, 0.25) is 5.91 Å². The molecule has 3 rings (SSSR count). The highest BCUT2D eigenvalue weighted by Crippen LogP contribution is 2.25. The summed E-state index contributed by atoms with van der Waals surface area (Å²) in [5, 5.41) is 2.91. The second-order valence-electron chi connectivity index (χ2n) is 6.21. The Hall–Kier alpha value is -1.62. The maximum absolute atomic E-state index is 12.1. The fraction of sp³-hybridized carbons (Fsp3) is 0.625. The van der Waals surface area contributed by atoms with E-state index >= 15 is 0 Å². The predicted molar refractivity (Wildman–Crippen MR) is 84.2 cm³/mol. The maximum Gasteiger partial charge on any atom is 0.228 e. The lowest BCUT2D eigenvalue weighted by Crippen LogP contribution is -2.29. The van der Waals surface area contributed by atoms with Crippen molar-refractivity contribution in [2.24, 2.45) is 11.7 Å². The van der Waals surface area contributed by atoms with Crippen LogP contribution in [0.1, 0.15) is 38.5 Å². The van der Waals surface area contributed by atoms with E-state index in [9.17, 15) is 4.79 Å². The molecule has 5 heteroatoms. The van der Waals surface area contributed by atoms with E-state index < -0.39 is 0 Å². The molecule has 1 saturated heterocycles. The van der Waals surface area contributed by atoms with E-state index in [2.05, 4.69) is 15.2 Å². The van der Waals surface area contributed by atoms with Crippen LogP contribution in [0.5, 0.6) is 0 Å². The number of nitrogens with two attached hydrogens (primary N) is 1. The van der Waals surface area contributed by atoms with Gasteiger partial charge >= 0.3 is 0 Å². The molecule has 114 valence electrons. The first kappa shape index (κ1) is 14.3. The minimum Gasteiger partial charge on any atom is -0.370 e. The van der Waals surface area contributed by atoms with E-state index in [0.717, 1.165) is 38.0 Å². The third-order valence-electron chi connectivity index (χ3n) is 4.56. The predicted octanol–water partition coefficient (Wildman–Crippen LogP) is 2.14. The molecule has 1 aliphatic heterocycles. The Bertz CT molecular complexity index is 482. The fourth-order valence-corrected chi connectivity index (χ4v) is 3.28. The lowest BCUT2D eigenvalue weighted by molar-refractivity contribution is -0.119. The number of amides is 1. The van der Waals surface area contributed by atoms with Crippen molar-refractivity contribution in [3.8, 4) is 0 Å². The van der Waals surface area contributed by atoms with Crippen LogP contribution in [0.3, 0.4) is 0 Å². The van der Waals surface area contributed by atoms with Gasteiger partial charge in [-0.2, -0.15) is 0 Å². The highest BCUT2D eigenvalue weighted by Gasteiger charge is 2.27. The topological polar surface area (TPSA) is 71.2 Å². The summed E-state index contributed by atoms with van der Waals surface area (Å²) >= 11 is 0. The standard InChI is InChI=1S/C16H24N4O/c17-13-5-4-12(10-13)16(21)19-15-7-6-14(11-18-15)20-8-2-1-3-9-20/h6-7,11-13H,1-5,8-10,17H2,(H,18,19,21). The van der Waals surface area contributed by atoms with Crippen molar-refractivity contribution in [2.45, 2.75) is 44.6 Å². The summed E-state index contributed by atoms with van der Waals surface area (Å²) in [7, 11) is 0. The van der Waals surface area contributed by atoms with Crippen molar-refractivity contribution in [1.82, 2.24) is 4.98 Å². The third-order valence-corrected chi connectivity index (χ3v) is 4.56. The highest BCUT2D eigenvalue weighted by molar-refractivity contribution is 5.92. The van der Waals surface area contributed by atoms with E-state index in [1.54, 1.807) is 0 Å². The van der Waals surface area contributed by atoms with Crippen LogP contribution in [0.15, 0.2) is 18.3 Å². The molecule has 1 aromatic heterocycles. The molecule has 2 fully saturated rings. The van der Waals surface area contributed by atoms with Gasteiger partial charge in [0.05, 0.1) is 11.9 Å². The first-order chi connectivity index (χ1) is 10.2. The van der Waals surface area contributed by atoms with Crippen LogP contribution in [0, 0.1) is 5.92 Å². The number of nitrogens with one attached hydrogen (secondary N) is 1. The number of anilines is 2. The van der Waals surface area contributed by atoms with Crippen molar-refractivity contribution >= 4 is 17.4 Å². The number of hydrogen-bond acceptors (Lipinski definition) is 4. The molecule has 2 heterocycles. The van der Waals surface area contributed by atoms with Gasteiger partial charge in [0, 0.05) is 25.0 Å². The van der Waals surface area contributed by atoms with Crippen LogP contribution in [0.4, 0.5) is 11.5 Å². The SMILES string of the molecule is NC1CCC(C(=O)Nc2ccc(N3CCCCC3)cn2)C1. The van der Waals surface area contributed by atoms with E-state index in [1.165, 1.54) is 19.3 Å². The van der Waals surface area contributed by atoms with E-state index in [0.29, 0.717) is 5.82 Å². The maximum atomic E-state index is 12.1. The summed E-state index contributed by atoms with van der Waals surface area (Å²) in [6.45, 7) is 2.21. The monoisotopic (exact) mass is 288 g/mol. The molecule has 5 nitrogen and oxygen atoms in total. The third kappa shape index (κ3) is 3.53. The lowest BCUT2D eigenvalue weighted by Gasteiger charge is -2.28. The zero-order valence-corrected chi connectivity index (χ0v) is 12.4.